The fraction of sp³-hybridized carbons (Fsp3) is 0.222. The van der Waals surface area contributed by atoms with Crippen LogP contribution in [0.3, 0.4) is 0 Å². The Kier molecular flexibility index (Phi) is 3.33. The predicted octanol–water partition coefficient (Wildman–Crippen LogP) is 3.92. The van der Waals surface area contributed by atoms with Gasteiger partial charge in [-0.3, -0.25) is 0 Å². The van der Waals surface area contributed by atoms with Gasteiger partial charge in [-0.25, -0.2) is 0 Å². The third kappa shape index (κ3) is 2.12. The normalized spacial score (nSPS) is 14.3. The van der Waals surface area contributed by atoms with E-state index in [0.717, 1.165) is 5.56 Å². The number of rotatable bonds is 3. The SMILES string of the molecule is Cc1cn(C(c2ccccc2)C(C)O)c2ccccc12. The Morgan fingerprint density at radius 1 is 0.950 bits per heavy atom. The van der Waals surface area contributed by atoms with Gasteiger partial charge in [0, 0.05) is 17.1 Å². The van der Waals surface area contributed by atoms with Crippen molar-refractivity contribution in [2.45, 2.75) is 26.0 Å². The molecule has 1 aromatic heterocycles. The Morgan fingerprint density at radius 2 is 1.60 bits per heavy atom. The van der Waals surface area contributed by atoms with Crippen LogP contribution in [0.15, 0.2) is 60.8 Å². The maximum atomic E-state index is 10.3. The Balaban J connectivity index is 2.21. The first-order valence-electron chi connectivity index (χ1n) is 6.97. The third-order valence-electron chi connectivity index (χ3n) is 3.84. The summed E-state index contributed by atoms with van der Waals surface area (Å²) in [4.78, 5) is 0. The summed E-state index contributed by atoms with van der Waals surface area (Å²) in [6.45, 7) is 3.96. The predicted molar refractivity (Wildman–Crippen MR) is 82.9 cm³/mol. The summed E-state index contributed by atoms with van der Waals surface area (Å²) in [6.07, 6.45) is 1.68. The summed E-state index contributed by atoms with van der Waals surface area (Å²) in [6, 6.07) is 18.5. The Hall–Kier alpha value is -2.06. The van der Waals surface area contributed by atoms with Gasteiger partial charge in [0.1, 0.15) is 0 Å². The van der Waals surface area contributed by atoms with Gasteiger partial charge in [0.15, 0.2) is 0 Å². The minimum absolute atomic E-state index is 0.0604. The molecule has 3 rings (SSSR count). The van der Waals surface area contributed by atoms with Gasteiger partial charge in [0.05, 0.1) is 12.1 Å². The van der Waals surface area contributed by atoms with Crippen molar-refractivity contribution in [3.8, 4) is 0 Å². The molecule has 3 aromatic rings. The van der Waals surface area contributed by atoms with E-state index in [1.807, 2.05) is 31.2 Å². The molecule has 2 heteroatoms. The number of hydrogen-bond acceptors (Lipinski definition) is 1. The highest BCUT2D eigenvalue weighted by molar-refractivity contribution is 5.84. The summed E-state index contributed by atoms with van der Waals surface area (Å²) < 4.78 is 2.19. The van der Waals surface area contributed by atoms with E-state index in [1.54, 1.807) is 0 Å². The molecule has 2 atom stereocenters. The van der Waals surface area contributed by atoms with Crippen LogP contribution >= 0.6 is 0 Å². The lowest BCUT2D eigenvalue weighted by Crippen LogP contribution is -2.22. The molecular formula is C18H19NO. The van der Waals surface area contributed by atoms with E-state index >= 15 is 0 Å². The summed E-state index contributed by atoms with van der Waals surface area (Å²) >= 11 is 0. The quantitative estimate of drug-likeness (QED) is 0.763. The molecule has 20 heavy (non-hydrogen) atoms. The van der Waals surface area contributed by atoms with E-state index in [4.69, 9.17) is 0 Å². The summed E-state index contributed by atoms with van der Waals surface area (Å²) in [5.41, 5.74) is 3.53. The molecule has 0 aliphatic heterocycles. The first-order valence-corrected chi connectivity index (χ1v) is 6.97. The molecule has 102 valence electrons. The monoisotopic (exact) mass is 265 g/mol. The maximum Gasteiger partial charge on any atom is 0.0842 e. The number of aryl methyl sites for hydroxylation is 1. The molecule has 0 spiro atoms. The van der Waals surface area contributed by atoms with Gasteiger partial charge >= 0.3 is 0 Å². The number of hydrogen-bond donors (Lipinski definition) is 1. The number of fused-ring (bicyclic) bond motifs is 1. The van der Waals surface area contributed by atoms with E-state index in [0.29, 0.717) is 0 Å². The maximum absolute atomic E-state index is 10.3. The lowest BCUT2D eigenvalue weighted by atomic mass is 10.0. The number of aliphatic hydroxyl groups excluding tert-OH is 1. The highest BCUT2D eigenvalue weighted by Gasteiger charge is 2.21. The van der Waals surface area contributed by atoms with Crippen LogP contribution < -0.4 is 0 Å². The number of para-hydroxylation sites is 1. The van der Waals surface area contributed by atoms with Crippen LogP contribution in [0, 0.1) is 6.92 Å². The lowest BCUT2D eigenvalue weighted by molar-refractivity contribution is 0.150. The van der Waals surface area contributed by atoms with Gasteiger partial charge in [0.25, 0.3) is 0 Å². The van der Waals surface area contributed by atoms with Gasteiger partial charge < -0.3 is 9.67 Å². The second-order valence-corrected chi connectivity index (χ2v) is 5.33. The van der Waals surface area contributed by atoms with E-state index in [-0.39, 0.29) is 6.04 Å². The van der Waals surface area contributed by atoms with Gasteiger partial charge in [-0.1, -0.05) is 48.5 Å². The highest BCUT2D eigenvalue weighted by Crippen LogP contribution is 2.29. The molecule has 0 radical (unpaired) electrons. The van der Waals surface area contributed by atoms with Crippen LogP contribution in [0.1, 0.15) is 24.1 Å². The molecular weight excluding hydrogens is 246 g/mol. The van der Waals surface area contributed by atoms with Crippen LogP contribution in [0.4, 0.5) is 0 Å². The first-order chi connectivity index (χ1) is 9.68. The van der Waals surface area contributed by atoms with Gasteiger partial charge in [-0.15, -0.1) is 0 Å². The van der Waals surface area contributed by atoms with Crippen molar-refractivity contribution in [2.75, 3.05) is 0 Å². The molecule has 0 fully saturated rings. The van der Waals surface area contributed by atoms with Crippen LogP contribution in [0.2, 0.25) is 0 Å². The molecule has 0 saturated carbocycles. The van der Waals surface area contributed by atoms with Gasteiger partial charge in [0.2, 0.25) is 0 Å². The zero-order valence-corrected chi connectivity index (χ0v) is 11.8. The molecule has 2 unspecified atom stereocenters. The van der Waals surface area contributed by atoms with Crippen LogP contribution in [0.25, 0.3) is 10.9 Å². The molecule has 0 amide bonds. The summed E-state index contributed by atoms with van der Waals surface area (Å²) in [5, 5.41) is 11.5. The van der Waals surface area contributed by atoms with Gasteiger partial charge in [-0.05, 0) is 31.0 Å². The number of nitrogens with zero attached hydrogens (tertiary/aromatic N) is 1. The topological polar surface area (TPSA) is 25.2 Å². The van der Waals surface area contributed by atoms with Crippen molar-refractivity contribution in [3.05, 3.63) is 71.9 Å². The van der Waals surface area contributed by atoms with E-state index in [2.05, 4.69) is 48.0 Å². The van der Waals surface area contributed by atoms with Crippen LogP contribution in [-0.2, 0) is 0 Å². The van der Waals surface area contributed by atoms with Crippen molar-refractivity contribution in [1.82, 2.24) is 4.57 Å². The third-order valence-corrected chi connectivity index (χ3v) is 3.84. The molecule has 0 aliphatic rings. The summed E-state index contributed by atoms with van der Waals surface area (Å²) in [7, 11) is 0. The molecule has 2 aromatic carbocycles. The standard InChI is InChI=1S/C18H19NO/c1-13-12-19(17-11-7-6-10-16(13)17)18(14(2)20)15-8-4-3-5-9-15/h3-12,14,18,20H,1-2H3. The van der Waals surface area contributed by atoms with Crippen molar-refractivity contribution >= 4 is 10.9 Å². The zero-order chi connectivity index (χ0) is 14.1. The van der Waals surface area contributed by atoms with Gasteiger partial charge in [-0.2, -0.15) is 0 Å². The molecule has 1 heterocycles. The molecule has 2 nitrogen and oxygen atoms in total. The Labute approximate surface area is 119 Å². The van der Waals surface area contributed by atoms with Crippen LogP contribution in [-0.4, -0.2) is 15.8 Å². The fourth-order valence-corrected chi connectivity index (χ4v) is 2.93. The molecule has 0 aliphatic carbocycles. The second-order valence-electron chi connectivity index (χ2n) is 5.33. The Bertz CT molecular complexity index is 713. The smallest absolute Gasteiger partial charge is 0.0842 e. The van der Waals surface area contributed by atoms with E-state index in [1.165, 1.54) is 16.5 Å². The first kappa shape index (κ1) is 12.9. The lowest BCUT2D eigenvalue weighted by Gasteiger charge is -2.23. The Morgan fingerprint density at radius 3 is 2.30 bits per heavy atom. The fourth-order valence-electron chi connectivity index (χ4n) is 2.93. The molecule has 1 N–H and O–H groups in total. The second kappa shape index (κ2) is 5.14. The largest absolute Gasteiger partial charge is 0.391 e. The zero-order valence-electron chi connectivity index (χ0n) is 11.8. The van der Waals surface area contributed by atoms with Crippen LogP contribution in [0.5, 0.6) is 0 Å². The number of aliphatic hydroxyl groups is 1. The van der Waals surface area contributed by atoms with Crippen molar-refractivity contribution in [3.63, 3.8) is 0 Å². The average Bonchev–Trinajstić information content (AvgIpc) is 2.78. The number of aromatic nitrogens is 1. The molecule has 0 saturated heterocycles. The number of benzene rings is 2. The van der Waals surface area contributed by atoms with Crippen molar-refractivity contribution in [1.29, 1.82) is 0 Å². The highest BCUT2D eigenvalue weighted by atomic mass is 16.3. The minimum atomic E-state index is -0.451. The van der Waals surface area contributed by atoms with E-state index in [9.17, 15) is 5.11 Å². The van der Waals surface area contributed by atoms with Crippen molar-refractivity contribution in [2.24, 2.45) is 0 Å². The average molecular weight is 265 g/mol. The van der Waals surface area contributed by atoms with Crippen molar-refractivity contribution < 1.29 is 5.11 Å². The minimum Gasteiger partial charge on any atom is -0.391 e. The summed E-state index contributed by atoms with van der Waals surface area (Å²) in [5.74, 6) is 0. The molecule has 0 bridgehead atoms. The van der Waals surface area contributed by atoms with E-state index < -0.39 is 6.10 Å².